The van der Waals surface area contributed by atoms with Crippen molar-refractivity contribution in [2.75, 3.05) is 0 Å². The zero-order valence-electron chi connectivity index (χ0n) is 10.8. The van der Waals surface area contributed by atoms with Gasteiger partial charge in [0, 0.05) is 4.47 Å². The Morgan fingerprint density at radius 2 is 1.89 bits per heavy atom. The number of halogens is 1. The van der Waals surface area contributed by atoms with E-state index in [1.807, 2.05) is 0 Å². The van der Waals surface area contributed by atoms with Gasteiger partial charge in [0.1, 0.15) is 6.04 Å². The minimum absolute atomic E-state index is 0.0475. The fourth-order valence-corrected chi connectivity index (χ4v) is 3.79. The third-order valence-corrected chi connectivity index (χ3v) is 4.42. The van der Waals surface area contributed by atoms with Crippen LogP contribution in [-0.4, -0.2) is 25.5 Å². The monoisotopic (exact) mass is 349 g/mol. The zero-order chi connectivity index (χ0) is 14.8. The van der Waals surface area contributed by atoms with Crippen molar-refractivity contribution in [3.63, 3.8) is 0 Å². The average Bonchev–Trinajstić information content (AvgIpc) is 2.23. The second kappa shape index (κ2) is 6.02. The number of carboxylic acid groups (broad SMARTS) is 1. The van der Waals surface area contributed by atoms with Crippen molar-refractivity contribution in [2.45, 2.75) is 31.7 Å². The van der Waals surface area contributed by atoms with Gasteiger partial charge < -0.3 is 5.11 Å². The van der Waals surface area contributed by atoms with E-state index in [2.05, 4.69) is 20.7 Å². The van der Waals surface area contributed by atoms with Gasteiger partial charge in [-0.3, -0.25) is 4.79 Å². The molecule has 0 saturated carbocycles. The molecule has 0 spiro atoms. The van der Waals surface area contributed by atoms with Gasteiger partial charge in [-0.15, -0.1) is 0 Å². The van der Waals surface area contributed by atoms with Crippen LogP contribution in [0.3, 0.4) is 0 Å². The third-order valence-electron chi connectivity index (χ3n) is 2.54. The lowest BCUT2D eigenvalue weighted by molar-refractivity contribution is -0.140. The minimum Gasteiger partial charge on any atom is -0.480 e. The van der Waals surface area contributed by atoms with Gasteiger partial charge >= 0.3 is 5.97 Å². The molecule has 0 aliphatic rings. The van der Waals surface area contributed by atoms with E-state index in [-0.39, 0.29) is 10.8 Å². The molecule has 1 atom stereocenters. The smallest absolute Gasteiger partial charge is 0.322 e. The molecular formula is C12H16BrNO4S. The zero-order valence-corrected chi connectivity index (χ0v) is 13.2. The first-order chi connectivity index (χ1) is 8.63. The number of hydrogen-bond acceptors (Lipinski definition) is 3. The van der Waals surface area contributed by atoms with E-state index in [4.69, 9.17) is 5.11 Å². The molecule has 106 valence electrons. The molecule has 0 aliphatic carbocycles. The van der Waals surface area contributed by atoms with Gasteiger partial charge in [-0.05, 0) is 36.6 Å². The largest absolute Gasteiger partial charge is 0.480 e. The first kappa shape index (κ1) is 16.1. The molecule has 1 aromatic carbocycles. The van der Waals surface area contributed by atoms with Crippen LogP contribution in [0.4, 0.5) is 0 Å². The van der Waals surface area contributed by atoms with Crippen molar-refractivity contribution >= 4 is 31.9 Å². The molecule has 0 unspecified atom stereocenters. The summed E-state index contributed by atoms with van der Waals surface area (Å²) < 4.78 is 27.2. The Morgan fingerprint density at radius 3 is 2.32 bits per heavy atom. The molecule has 5 nitrogen and oxygen atoms in total. The lowest BCUT2D eigenvalue weighted by Crippen LogP contribution is -2.44. The molecule has 0 fully saturated rings. The molecule has 0 saturated heterocycles. The van der Waals surface area contributed by atoms with Crippen LogP contribution in [-0.2, 0) is 14.8 Å². The Morgan fingerprint density at radius 1 is 1.32 bits per heavy atom. The molecule has 2 N–H and O–H groups in total. The summed E-state index contributed by atoms with van der Waals surface area (Å²) in [5, 5.41) is 9.03. The number of rotatable bonds is 5. The van der Waals surface area contributed by atoms with Crippen molar-refractivity contribution in [3.05, 3.63) is 28.2 Å². The van der Waals surface area contributed by atoms with Crippen molar-refractivity contribution in [3.8, 4) is 0 Å². The van der Waals surface area contributed by atoms with E-state index in [1.54, 1.807) is 26.8 Å². The van der Waals surface area contributed by atoms with Crippen LogP contribution in [0, 0.1) is 12.8 Å². The summed E-state index contributed by atoms with van der Waals surface area (Å²) in [5.41, 5.74) is 0.770. The molecule has 0 radical (unpaired) electrons. The van der Waals surface area contributed by atoms with Gasteiger partial charge in [0.05, 0.1) is 4.90 Å². The SMILES string of the molecule is Cc1cc(Br)cc(S(=O)(=O)N[C@@H](C(=O)O)C(C)C)c1. The molecule has 0 heterocycles. The number of benzene rings is 1. The van der Waals surface area contributed by atoms with E-state index in [1.165, 1.54) is 12.1 Å². The number of nitrogens with one attached hydrogen (secondary N) is 1. The Kier molecular flexibility index (Phi) is 5.11. The summed E-state index contributed by atoms with van der Waals surface area (Å²) in [5.74, 6) is -1.54. The van der Waals surface area contributed by atoms with Gasteiger partial charge in [0.15, 0.2) is 0 Å². The number of carboxylic acids is 1. The van der Waals surface area contributed by atoms with Crippen LogP contribution in [0.2, 0.25) is 0 Å². The number of hydrogen-bond donors (Lipinski definition) is 2. The highest BCUT2D eigenvalue weighted by Gasteiger charge is 2.28. The molecular weight excluding hydrogens is 334 g/mol. The van der Waals surface area contributed by atoms with Gasteiger partial charge in [-0.25, -0.2) is 8.42 Å². The molecule has 0 bridgehead atoms. The number of aliphatic carboxylic acids is 1. The maximum absolute atomic E-state index is 12.2. The first-order valence-corrected chi connectivity index (χ1v) is 7.93. The van der Waals surface area contributed by atoms with Gasteiger partial charge in [0.25, 0.3) is 0 Å². The topological polar surface area (TPSA) is 83.5 Å². The maximum atomic E-state index is 12.2. The van der Waals surface area contributed by atoms with Crippen LogP contribution in [0.15, 0.2) is 27.6 Å². The Hall–Kier alpha value is -0.920. The van der Waals surface area contributed by atoms with Gasteiger partial charge in [-0.1, -0.05) is 29.8 Å². The van der Waals surface area contributed by atoms with E-state index in [0.717, 1.165) is 5.56 Å². The Labute approximate surface area is 121 Å². The predicted octanol–water partition coefficient (Wildman–Crippen LogP) is 2.15. The van der Waals surface area contributed by atoms with E-state index >= 15 is 0 Å². The Bertz CT molecular complexity index is 563. The molecule has 0 aliphatic heterocycles. The summed E-state index contributed by atoms with van der Waals surface area (Å²) in [6, 6.07) is 3.56. The van der Waals surface area contributed by atoms with Crippen LogP contribution in [0.1, 0.15) is 19.4 Å². The number of aryl methyl sites for hydroxylation is 1. The highest BCUT2D eigenvalue weighted by molar-refractivity contribution is 9.10. The predicted molar refractivity (Wildman–Crippen MR) is 75.5 cm³/mol. The fourth-order valence-electron chi connectivity index (χ4n) is 1.56. The summed E-state index contributed by atoms with van der Waals surface area (Å²) in [6.45, 7) is 5.06. The Balaban J connectivity index is 3.13. The van der Waals surface area contributed by atoms with E-state index in [9.17, 15) is 13.2 Å². The molecule has 0 amide bonds. The molecule has 1 aromatic rings. The highest BCUT2D eigenvalue weighted by Crippen LogP contribution is 2.20. The molecule has 1 rings (SSSR count). The third kappa shape index (κ3) is 4.29. The molecule has 19 heavy (non-hydrogen) atoms. The van der Waals surface area contributed by atoms with Crippen molar-refractivity contribution in [2.24, 2.45) is 5.92 Å². The minimum atomic E-state index is -3.86. The standard InChI is InChI=1S/C12H16BrNO4S/c1-7(2)11(12(15)16)14-19(17,18)10-5-8(3)4-9(13)6-10/h4-7,11,14H,1-3H3,(H,15,16)/t11-/m1/s1. The van der Waals surface area contributed by atoms with Gasteiger partial charge in [-0.2, -0.15) is 4.72 Å². The quantitative estimate of drug-likeness (QED) is 0.852. The van der Waals surface area contributed by atoms with Crippen molar-refractivity contribution < 1.29 is 18.3 Å². The summed E-state index contributed by atoms with van der Waals surface area (Å²) in [4.78, 5) is 11.1. The number of carbonyl (C=O) groups is 1. The lowest BCUT2D eigenvalue weighted by atomic mass is 10.1. The van der Waals surface area contributed by atoms with Crippen LogP contribution in [0.25, 0.3) is 0 Å². The second-order valence-electron chi connectivity index (χ2n) is 4.65. The van der Waals surface area contributed by atoms with Crippen LogP contribution >= 0.6 is 15.9 Å². The van der Waals surface area contributed by atoms with Gasteiger partial charge in [0.2, 0.25) is 10.0 Å². The van der Waals surface area contributed by atoms with Crippen molar-refractivity contribution in [1.82, 2.24) is 4.72 Å². The molecule has 0 aromatic heterocycles. The van der Waals surface area contributed by atoms with Crippen molar-refractivity contribution in [1.29, 1.82) is 0 Å². The van der Waals surface area contributed by atoms with E-state index in [0.29, 0.717) is 4.47 Å². The van der Waals surface area contributed by atoms with Crippen LogP contribution < -0.4 is 4.72 Å². The summed E-state index contributed by atoms with van der Waals surface area (Å²) >= 11 is 3.22. The van der Waals surface area contributed by atoms with Crippen LogP contribution in [0.5, 0.6) is 0 Å². The lowest BCUT2D eigenvalue weighted by Gasteiger charge is -2.18. The average molecular weight is 350 g/mol. The highest BCUT2D eigenvalue weighted by atomic mass is 79.9. The summed E-state index contributed by atoms with van der Waals surface area (Å²) in [6.07, 6.45) is 0. The normalized spacial score (nSPS) is 13.5. The molecule has 7 heteroatoms. The second-order valence-corrected chi connectivity index (χ2v) is 7.28. The number of sulfonamides is 1. The fraction of sp³-hybridized carbons (Fsp3) is 0.417. The summed E-state index contributed by atoms with van der Waals surface area (Å²) in [7, 11) is -3.86. The first-order valence-electron chi connectivity index (χ1n) is 5.66. The van der Waals surface area contributed by atoms with E-state index < -0.39 is 22.0 Å². The maximum Gasteiger partial charge on any atom is 0.322 e.